The molecule has 2 heterocycles. The highest BCUT2D eigenvalue weighted by atomic mass is 16.8. The van der Waals surface area contributed by atoms with Crippen LogP contribution in [0.4, 0.5) is 9.59 Å². The number of hydrogen-bond acceptors (Lipinski definition) is 10. The van der Waals surface area contributed by atoms with Crippen LogP contribution in [0.15, 0.2) is 11.8 Å². The zero-order valence-corrected chi connectivity index (χ0v) is 18.5. The Labute approximate surface area is 181 Å². The lowest BCUT2D eigenvalue weighted by Crippen LogP contribution is -2.45. The van der Waals surface area contributed by atoms with Crippen LogP contribution in [-0.4, -0.2) is 62.7 Å². The number of carbonyl (C=O) groups is 3. The normalized spacial score (nSPS) is 30.9. The van der Waals surface area contributed by atoms with E-state index >= 15 is 0 Å². The number of methoxy groups -OCH3 is 1. The molecule has 31 heavy (non-hydrogen) atoms. The molecule has 0 unspecified atom stereocenters. The fraction of sp³-hybridized carbons (Fsp3) is 0.762. The fourth-order valence-electron chi connectivity index (χ4n) is 4.16. The maximum atomic E-state index is 12.3. The van der Waals surface area contributed by atoms with Gasteiger partial charge in [-0.15, -0.1) is 0 Å². The first kappa shape index (κ1) is 23.2. The summed E-state index contributed by atoms with van der Waals surface area (Å²) in [5, 5.41) is 0. The van der Waals surface area contributed by atoms with E-state index in [0.29, 0.717) is 18.6 Å². The number of fused-ring (bicyclic) bond motifs is 2. The molecule has 0 aromatic carbocycles. The van der Waals surface area contributed by atoms with Gasteiger partial charge in [-0.05, 0) is 26.2 Å². The van der Waals surface area contributed by atoms with Gasteiger partial charge in [-0.3, -0.25) is 4.79 Å². The fourth-order valence-corrected chi connectivity index (χ4v) is 4.16. The van der Waals surface area contributed by atoms with Crippen molar-refractivity contribution in [3.8, 4) is 0 Å². The Morgan fingerprint density at radius 3 is 2.45 bits per heavy atom. The third kappa shape index (κ3) is 5.23. The predicted molar refractivity (Wildman–Crippen MR) is 104 cm³/mol. The molecule has 1 saturated carbocycles. The minimum atomic E-state index is -0.907. The van der Waals surface area contributed by atoms with Crippen molar-refractivity contribution in [3.63, 3.8) is 0 Å². The van der Waals surface area contributed by atoms with E-state index in [1.54, 1.807) is 13.8 Å². The topological polar surface area (TPSA) is 119 Å². The third-order valence-corrected chi connectivity index (χ3v) is 5.53. The Morgan fingerprint density at radius 2 is 1.87 bits per heavy atom. The molecule has 2 fully saturated rings. The summed E-state index contributed by atoms with van der Waals surface area (Å²) in [5.74, 6) is -0.944. The molecule has 5 atom stereocenters. The van der Waals surface area contributed by atoms with Gasteiger partial charge in [0.05, 0.1) is 32.0 Å². The van der Waals surface area contributed by atoms with E-state index < -0.39 is 36.2 Å². The standard InChI is InChI=1S/C21H30O10/c1-11(2)6-16(22)31-18-17-14(13(8-26-18)9-27-19(23)25-5)7-15(21(17)10-28-21)30-20(24)29-12(3)4/h8,11-12,14-15,17-18H,6-7,9-10H2,1-5H3/t14-,15+,17-,18+,21-/m1/s1. The lowest BCUT2D eigenvalue weighted by molar-refractivity contribution is -0.191. The Bertz CT molecular complexity index is 724. The number of carbonyl (C=O) groups excluding carboxylic acids is 3. The molecule has 10 nitrogen and oxygen atoms in total. The van der Waals surface area contributed by atoms with Crippen molar-refractivity contribution >= 4 is 18.3 Å². The second-order valence-corrected chi connectivity index (χ2v) is 8.66. The van der Waals surface area contributed by atoms with Crippen LogP contribution < -0.4 is 0 Å². The molecule has 1 aliphatic carbocycles. The Balaban J connectivity index is 1.79. The second-order valence-electron chi connectivity index (χ2n) is 8.66. The maximum absolute atomic E-state index is 12.3. The number of ether oxygens (including phenoxy) is 7. The molecule has 0 aromatic rings. The minimum Gasteiger partial charge on any atom is -0.462 e. The van der Waals surface area contributed by atoms with Gasteiger partial charge in [0.2, 0.25) is 6.29 Å². The summed E-state index contributed by atoms with van der Waals surface area (Å²) in [6.45, 7) is 7.53. The van der Waals surface area contributed by atoms with Gasteiger partial charge in [-0.25, -0.2) is 9.59 Å². The van der Waals surface area contributed by atoms with E-state index in [1.165, 1.54) is 13.4 Å². The van der Waals surface area contributed by atoms with Gasteiger partial charge in [-0.1, -0.05) is 13.8 Å². The van der Waals surface area contributed by atoms with Crippen molar-refractivity contribution in [2.75, 3.05) is 20.3 Å². The summed E-state index contributed by atoms with van der Waals surface area (Å²) in [7, 11) is 1.22. The zero-order valence-electron chi connectivity index (χ0n) is 18.5. The summed E-state index contributed by atoms with van der Waals surface area (Å²) in [4.78, 5) is 35.9. The highest BCUT2D eigenvalue weighted by molar-refractivity contribution is 5.69. The Morgan fingerprint density at radius 1 is 1.16 bits per heavy atom. The molecule has 1 spiro atoms. The molecule has 1 saturated heterocycles. The molecule has 0 bridgehead atoms. The molecule has 10 heteroatoms. The van der Waals surface area contributed by atoms with Crippen molar-refractivity contribution in [2.45, 2.75) is 64.6 Å². The number of rotatable bonds is 7. The minimum absolute atomic E-state index is 0.0697. The van der Waals surface area contributed by atoms with Crippen LogP contribution in [0.1, 0.15) is 40.5 Å². The van der Waals surface area contributed by atoms with E-state index in [4.69, 9.17) is 28.4 Å². The van der Waals surface area contributed by atoms with Crippen LogP contribution in [0, 0.1) is 17.8 Å². The van der Waals surface area contributed by atoms with Gasteiger partial charge in [0.25, 0.3) is 0 Å². The molecule has 0 radical (unpaired) electrons. The van der Waals surface area contributed by atoms with Crippen molar-refractivity contribution in [1.29, 1.82) is 0 Å². The summed E-state index contributed by atoms with van der Waals surface area (Å²) in [6.07, 6.45) is -1.42. The molecule has 174 valence electrons. The predicted octanol–water partition coefficient (Wildman–Crippen LogP) is 2.93. The molecule has 2 aliphatic heterocycles. The molecule has 0 amide bonds. The molecule has 3 rings (SSSR count). The van der Waals surface area contributed by atoms with Crippen molar-refractivity contribution in [1.82, 2.24) is 0 Å². The van der Waals surface area contributed by atoms with Gasteiger partial charge in [-0.2, -0.15) is 0 Å². The van der Waals surface area contributed by atoms with Gasteiger partial charge in [0, 0.05) is 17.9 Å². The molecule has 0 N–H and O–H groups in total. The smallest absolute Gasteiger partial charge is 0.462 e. The zero-order chi connectivity index (χ0) is 22.8. The van der Waals surface area contributed by atoms with Gasteiger partial charge >= 0.3 is 18.3 Å². The van der Waals surface area contributed by atoms with Gasteiger partial charge in [0.15, 0.2) is 0 Å². The number of esters is 1. The van der Waals surface area contributed by atoms with E-state index in [2.05, 4.69) is 4.74 Å². The molecular formula is C21H30O10. The SMILES string of the molecule is COC(=O)OCC1=CO[C@@H](OC(=O)CC(C)C)[C@H]2[C@@H]1C[C@H](OC(=O)OC(C)C)[C@]21CO1. The molecule has 3 aliphatic rings. The summed E-state index contributed by atoms with van der Waals surface area (Å²) in [6, 6.07) is 0. The molecule has 0 aromatic heterocycles. The Hall–Kier alpha value is -2.49. The van der Waals surface area contributed by atoms with Crippen LogP contribution in [0.25, 0.3) is 0 Å². The largest absolute Gasteiger partial charge is 0.508 e. The number of epoxide rings is 1. The van der Waals surface area contributed by atoms with Crippen LogP contribution in [0.2, 0.25) is 0 Å². The summed E-state index contributed by atoms with van der Waals surface area (Å²) in [5.41, 5.74) is -0.196. The lowest BCUT2D eigenvalue weighted by Gasteiger charge is -2.35. The first-order valence-electron chi connectivity index (χ1n) is 10.4. The second kappa shape index (κ2) is 9.33. The summed E-state index contributed by atoms with van der Waals surface area (Å²) >= 11 is 0. The summed E-state index contributed by atoms with van der Waals surface area (Å²) < 4.78 is 37.4. The highest BCUT2D eigenvalue weighted by Gasteiger charge is 2.71. The van der Waals surface area contributed by atoms with E-state index in [1.807, 2.05) is 13.8 Å². The molecular weight excluding hydrogens is 412 g/mol. The van der Waals surface area contributed by atoms with Gasteiger partial charge in [0.1, 0.15) is 18.3 Å². The van der Waals surface area contributed by atoms with Crippen LogP contribution in [-0.2, 0) is 38.0 Å². The van der Waals surface area contributed by atoms with Crippen LogP contribution in [0.3, 0.4) is 0 Å². The maximum Gasteiger partial charge on any atom is 0.508 e. The van der Waals surface area contributed by atoms with Crippen molar-refractivity contribution in [3.05, 3.63) is 11.8 Å². The average Bonchev–Trinajstić information content (AvgIpc) is 3.39. The monoisotopic (exact) mass is 442 g/mol. The number of hydrogen-bond donors (Lipinski definition) is 0. The van der Waals surface area contributed by atoms with Crippen molar-refractivity contribution in [2.24, 2.45) is 17.8 Å². The van der Waals surface area contributed by atoms with Crippen LogP contribution >= 0.6 is 0 Å². The Kier molecular flexibility index (Phi) is 6.98. The van der Waals surface area contributed by atoms with Crippen molar-refractivity contribution < 1.29 is 47.5 Å². The first-order valence-corrected chi connectivity index (χ1v) is 10.4. The van der Waals surface area contributed by atoms with E-state index in [-0.39, 0.29) is 36.9 Å². The first-order chi connectivity index (χ1) is 14.7. The lowest BCUT2D eigenvalue weighted by atomic mass is 9.83. The van der Waals surface area contributed by atoms with Crippen LogP contribution in [0.5, 0.6) is 0 Å². The highest BCUT2D eigenvalue weighted by Crippen LogP contribution is 2.58. The third-order valence-electron chi connectivity index (χ3n) is 5.53. The van der Waals surface area contributed by atoms with Gasteiger partial charge < -0.3 is 33.2 Å². The average molecular weight is 442 g/mol. The quantitative estimate of drug-likeness (QED) is 0.331. The van der Waals surface area contributed by atoms with E-state index in [0.717, 1.165) is 0 Å². The van der Waals surface area contributed by atoms with E-state index in [9.17, 15) is 14.4 Å².